The number of carbonyl (C=O) groups excluding carboxylic acids is 1. The second kappa shape index (κ2) is 9.34. The van der Waals surface area contributed by atoms with Crippen molar-refractivity contribution < 1.29 is 9.53 Å². The van der Waals surface area contributed by atoms with Gasteiger partial charge in [-0.05, 0) is 22.9 Å². The first kappa shape index (κ1) is 21.0. The number of benzene rings is 4. The smallest absolute Gasteiger partial charge is 0.234 e. The molecular weight excluding hydrogens is 432 g/mol. The number of hydrogen-bond acceptors (Lipinski definition) is 5. The Morgan fingerprint density at radius 1 is 0.879 bits per heavy atom. The van der Waals surface area contributed by atoms with Crippen molar-refractivity contribution in [1.29, 1.82) is 0 Å². The second-order valence-electron chi connectivity index (χ2n) is 7.59. The topological polar surface area (TPSA) is 69.0 Å². The van der Waals surface area contributed by atoms with Crippen molar-refractivity contribution in [3.05, 3.63) is 90.8 Å². The van der Waals surface area contributed by atoms with Gasteiger partial charge in [-0.1, -0.05) is 84.6 Å². The number of anilines is 1. The van der Waals surface area contributed by atoms with Crippen LogP contribution in [0, 0.1) is 0 Å². The lowest BCUT2D eigenvalue weighted by molar-refractivity contribution is -0.113. The van der Waals surface area contributed by atoms with Crippen LogP contribution in [-0.4, -0.2) is 26.4 Å². The zero-order chi connectivity index (χ0) is 22.6. The van der Waals surface area contributed by atoms with E-state index in [9.17, 15) is 4.79 Å². The Hall–Kier alpha value is -3.84. The number of hydrogen-bond donors (Lipinski definition) is 1. The summed E-state index contributed by atoms with van der Waals surface area (Å²) in [5.41, 5.74) is 0.806. The first-order valence-electron chi connectivity index (χ1n) is 10.6. The highest BCUT2D eigenvalue weighted by atomic mass is 32.2. The van der Waals surface area contributed by atoms with Gasteiger partial charge in [0.05, 0.1) is 5.75 Å². The summed E-state index contributed by atoms with van der Waals surface area (Å²) in [6.07, 6.45) is 0. The number of amides is 1. The molecule has 1 heterocycles. The van der Waals surface area contributed by atoms with Gasteiger partial charge < -0.3 is 14.6 Å². The number of aromatic nitrogens is 3. The van der Waals surface area contributed by atoms with Crippen LogP contribution < -0.4 is 10.1 Å². The van der Waals surface area contributed by atoms with E-state index >= 15 is 0 Å². The molecule has 0 spiro atoms. The highest BCUT2D eigenvalue weighted by Crippen LogP contribution is 2.27. The molecule has 0 saturated heterocycles. The first-order valence-corrected chi connectivity index (χ1v) is 11.6. The van der Waals surface area contributed by atoms with Gasteiger partial charge in [-0.2, -0.15) is 0 Å². The zero-order valence-corrected chi connectivity index (χ0v) is 18.9. The van der Waals surface area contributed by atoms with E-state index < -0.39 is 0 Å². The van der Waals surface area contributed by atoms with E-state index in [1.165, 1.54) is 11.8 Å². The van der Waals surface area contributed by atoms with E-state index in [0.717, 1.165) is 33.0 Å². The predicted octanol–water partition coefficient (Wildman–Crippen LogP) is 5.43. The Bertz CT molecular complexity index is 1440. The van der Waals surface area contributed by atoms with Crippen LogP contribution in [0.3, 0.4) is 0 Å². The molecule has 0 bridgehead atoms. The average Bonchev–Trinajstić information content (AvgIpc) is 3.20. The summed E-state index contributed by atoms with van der Waals surface area (Å²) in [6, 6.07) is 28.0. The molecule has 0 fully saturated rings. The van der Waals surface area contributed by atoms with E-state index in [0.29, 0.717) is 17.6 Å². The van der Waals surface area contributed by atoms with Gasteiger partial charge in [-0.3, -0.25) is 4.79 Å². The molecule has 0 radical (unpaired) electrons. The van der Waals surface area contributed by atoms with E-state index in [2.05, 4.69) is 27.6 Å². The number of nitrogens with one attached hydrogen (secondary N) is 1. The van der Waals surface area contributed by atoms with Crippen LogP contribution in [-0.2, 0) is 18.4 Å². The number of nitrogens with zero attached hydrogens (tertiary/aromatic N) is 3. The molecule has 1 aromatic heterocycles. The van der Waals surface area contributed by atoms with Crippen molar-refractivity contribution in [2.24, 2.45) is 7.05 Å². The van der Waals surface area contributed by atoms with Gasteiger partial charge in [-0.15, -0.1) is 10.2 Å². The molecule has 33 heavy (non-hydrogen) atoms. The summed E-state index contributed by atoms with van der Waals surface area (Å²) in [5, 5.41) is 16.4. The third-order valence-electron chi connectivity index (χ3n) is 5.43. The first-order chi connectivity index (χ1) is 16.2. The van der Waals surface area contributed by atoms with Crippen LogP contribution in [0.5, 0.6) is 5.75 Å². The predicted molar refractivity (Wildman–Crippen MR) is 133 cm³/mol. The van der Waals surface area contributed by atoms with Gasteiger partial charge in [0.15, 0.2) is 11.0 Å². The van der Waals surface area contributed by atoms with Crippen molar-refractivity contribution in [3.63, 3.8) is 0 Å². The van der Waals surface area contributed by atoms with Crippen molar-refractivity contribution in [2.75, 3.05) is 11.1 Å². The molecule has 7 heteroatoms. The van der Waals surface area contributed by atoms with E-state index in [4.69, 9.17) is 4.74 Å². The van der Waals surface area contributed by atoms with Crippen LogP contribution >= 0.6 is 11.8 Å². The molecule has 1 amide bonds. The Kier molecular flexibility index (Phi) is 5.95. The number of rotatable bonds is 7. The average molecular weight is 455 g/mol. The molecule has 1 N–H and O–H groups in total. The maximum atomic E-state index is 12.6. The largest absolute Gasteiger partial charge is 0.485 e. The molecule has 0 aliphatic rings. The quantitative estimate of drug-likeness (QED) is 0.332. The summed E-state index contributed by atoms with van der Waals surface area (Å²) >= 11 is 1.35. The normalized spacial score (nSPS) is 11.1. The van der Waals surface area contributed by atoms with Gasteiger partial charge in [-0.25, -0.2) is 0 Å². The fourth-order valence-electron chi connectivity index (χ4n) is 3.71. The highest BCUT2D eigenvalue weighted by Gasteiger charge is 2.13. The molecule has 0 atom stereocenters. The van der Waals surface area contributed by atoms with Crippen LogP contribution in [0.4, 0.5) is 5.69 Å². The zero-order valence-electron chi connectivity index (χ0n) is 18.1. The third-order valence-corrected chi connectivity index (χ3v) is 6.45. The minimum Gasteiger partial charge on any atom is -0.485 e. The Morgan fingerprint density at radius 3 is 2.36 bits per heavy atom. The minimum absolute atomic E-state index is 0.0899. The molecule has 0 aliphatic carbocycles. The van der Waals surface area contributed by atoms with Gasteiger partial charge in [0.2, 0.25) is 5.91 Å². The van der Waals surface area contributed by atoms with Gasteiger partial charge in [0.25, 0.3) is 0 Å². The molecule has 5 rings (SSSR count). The molecule has 0 unspecified atom stereocenters. The monoisotopic (exact) mass is 454 g/mol. The molecule has 0 aliphatic heterocycles. The van der Waals surface area contributed by atoms with Crippen molar-refractivity contribution >= 4 is 44.9 Å². The fourth-order valence-corrected chi connectivity index (χ4v) is 4.44. The van der Waals surface area contributed by atoms with E-state index in [1.54, 1.807) is 0 Å². The number of ether oxygens (including phenoxy) is 1. The third kappa shape index (κ3) is 4.54. The van der Waals surface area contributed by atoms with Crippen LogP contribution in [0.15, 0.2) is 90.1 Å². The van der Waals surface area contributed by atoms with Crippen molar-refractivity contribution in [1.82, 2.24) is 14.8 Å². The lowest BCUT2D eigenvalue weighted by atomic mass is 10.1. The molecule has 164 valence electrons. The number of fused-ring (bicyclic) bond motifs is 2. The Morgan fingerprint density at radius 2 is 1.55 bits per heavy atom. The highest BCUT2D eigenvalue weighted by molar-refractivity contribution is 7.99. The molecule has 4 aromatic carbocycles. The van der Waals surface area contributed by atoms with Crippen LogP contribution in [0.25, 0.3) is 21.5 Å². The number of thioether (sulfide) groups is 1. The summed E-state index contributed by atoms with van der Waals surface area (Å²) in [4.78, 5) is 12.6. The van der Waals surface area contributed by atoms with Crippen LogP contribution in [0.1, 0.15) is 5.82 Å². The SMILES string of the molecule is Cn1c(COc2cccc3ccccc23)nnc1SCC(=O)Nc1cccc2ccccc12. The minimum atomic E-state index is -0.0899. The second-order valence-corrected chi connectivity index (χ2v) is 8.53. The molecule has 6 nitrogen and oxygen atoms in total. The fraction of sp³-hybridized carbons (Fsp3) is 0.115. The Labute approximate surface area is 195 Å². The van der Waals surface area contributed by atoms with Gasteiger partial charge >= 0.3 is 0 Å². The van der Waals surface area contributed by atoms with Gasteiger partial charge in [0, 0.05) is 23.5 Å². The summed E-state index contributed by atoms with van der Waals surface area (Å²) < 4.78 is 7.90. The van der Waals surface area contributed by atoms with Crippen molar-refractivity contribution in [2.45, 2.75) is 11.8 Å². The number of carbonyl (C=O) groups is 1. The van der Waals surface area contributed by atoms with Crippen molar-refractivity contribution in [3.8, 4) is 5.75 Å². The lowest BCUT2D eigenvalue weighted by Gasteiger charge is -2.10. The van der Waals surface area contributed by atoms with Gasteiger partial charge in [0.1, 0.15) is 12.4 Å². The maximum Gasteiger partial charge on any atom is 0.234 e. The van der Waals surface area contributed by atoms with E-state index in [1.807, 2.05) is 84.4 Å². The summed E-state index contributed by atoms with van der Waals surface area (Å²) in [7, 11) is 1.88. The molecule has 5 aromatic rings. The molecular formula is C26H22N4O2S. The lowest BCUT2D eigenvalue weighted by Crippen LogP contribution is -2.14. The summed E-state index contributed by atoms with van der Waals surface area (Å²) in [6.45, 7) is 0.292. The van der Waals surface area contributed by atoms with Crippen LogP contribution in [0.2, 0.25) is 0 Å². The van der Waals surface area contributed by atoms with E-state index in [-0.39, 0.29) is 11.7 Å². The standard InChI is InChI=1S/C26H22N4O2S/c1-30-24(16-32-23-15-7-11-19-9-3-5-13-21(19)23)28-29-26(30)33-17-25(31)27-22-14-6-10-18-8-2-4-12-20(18)22/h2-15H,16-17H2,1H3,(H,27,31). The summed E-state index contributed by atoms with van der Waals surface area (Å²) in [5.74, 6) is 1.65. The Balaban J connectivity index is 1.22. The molecule has 0 saturated carbocycles. The maximum absolute atomic E-state index is 12.6.